The molecule has 2 saturated heterocycles. The molecule has 4 heterocycles. The van der Waals surface area contributed by atoms with Crippen molar-refractivity contribution in [2.75, 3.05) is 26.3 Å². The van der Waals surface area contributed by atoms with Crippen LogP contribution in [0, 0.1) is 17.6 Å². The molecule has 21 heteroatoms. The summed E-state index contributed by atoms with van der Waals surface area (Å²) in [6.07, 6.45) is -3.62. The van der Waals surface area contributed by atoms with Gasteiger partial charge in [0, 0.05) is 37.1 Å². The number of alkyl halides is 4. The lowest BCUT2D eigenvalue weighted by Gasteiger charge is -2.32. The average Bonchev–Trinajstić information content (AvgIpc) is 3.81. The number of amides is 1. The van der Waals surface area contributed by atoms with Gasteiger partial charge in [0.05, 0.1) is 51.9 Å². The van der Waals surface area contributed by atoms with Crippen molar-refractivity contribution in [3.63, 3.8) is 0 Å². The first-order valence-electron chi connectivity index (χ1n) is 20.3. The molecule has 5 aromatic rings. The summed E-state index contributed by atoms with van der Waals surface area (Å²) in [6, 6.07) is 11.1. The Hall–Kier alpha value is -5.09. The van der Waals surface area contributed by atoms with Gasteiger partial charge in [-0.15, -0.1) is 0 Å². The van der Waals surface area contributed by atoms with Crippen LogP contribution in [0.25, 0.3) is 16.6 Å². The summed E-state index contributed by atoms with van der Waals surface area (Å²) in [7, 11) is -4.88. The van der Waals surface area contributed by atoms with Crippen LogP contribution < -0.4 is 16.3 Å². The number of fused-ring (bicyclic) bond motifs is 4. The number of nitrogens with zero attached hydrogens (tertiary/aromatic N) is 5. The van der Waals surface area contributed by atoms with E-state index in [4.69, 9.17) is 19.0 Å². The Bertz CT molecular complexity index is 2800. The second-order valence-corrected chi connectivity index (χ2v) is 19.2. The molecule has 1 N–H and O–H groups in total. The lowest BCUT2D eigenvalue weighted by atomic mass is 9.79. The molecule has 0 spiro atoms. The van der Waals surface area contributed by atoms with Crippen LogP contribution in [0.4, 0.5) is 26.3 Å². The number of hydrogen-bond acceptors (Lipinski definition) is 9. The predicted octanol–water partition coefficient (Wildman–Crippen LogP) is 5.43. The number of benzene rings is 3. The van der Waals surface area contributed by atoms with Crippen LogP contribution >= 0.6 is 0 Å². The Morgan fingerprint density at radius 1 is 0.952 bits per heavy atom. The van der Waals surface area contributed by atoms with Crippen molar-refractivity contribution >= 4 is 39.4 Å². The van der Waals surface area contributed by atoms with Gasteiger partial charge >= 0.3 is 7.12 Å². The Labute approximate surface area is 357 Å². The summed E-state index contributed by atoms with van der Waals surface area (Å²) in [5.74, 6) is -8.72. The maximum Gasteiger partial charge on any atom is 0.494 e. The van der Waals surface area contributed by atoms with Gasteiger partial charge in [0.25, 0.3) is 17.9 Å². The molecule has 3 fully saturated rings. The molecule has 1 saturated carbocycles. The van der Waals surface area contributed by atoms with E-state index in [1.807, 2.05) is 27.7 Å². The first kappa shape index (κ1) is 43.2. The molecule has 9 rings (SSSR count). The molecule has 0 radical (unpaired) electrons. The van der Waals surface area contributed by atoms with Crippen LogP contribution in [0.2, 0.25) is 0 Å². The number of halogens is 6. The van der Waals surface area contributed by atoms with Crippen LogP contribution in [0.15, 0.2) is 70.4 Å². The molecule has 4 aliphatic rings. The van der Waals surface area contributed by atoms with Crippen molar-refractivity contribution in [3.05, 3.63) is 111 Å². The quantitative estimate of drug-likeness (QED) is 0.136. The van der Waals surface area contributed by atoms with Gasteiger partial charge in [0.1, 0.15) is 35.4 Å². The summed E-state index contributed by atoms with van der Waals surface area (Å²) < 4.78 is 136. The third-order valence-corrected chi connectivity index (χ3v) is 14.5. The van der Waals surface area contributed by atoms with E-state index in [-0.39, 0.29) is 71.2 Å². The normalized spacial score (nSPS) is 21.7. The number of morpholine rings is 1. The minimum absolute atomic E-state index is 0.00536. The molecular formula is C42H41BF6N6O7S. The molecule has 332 valence electrons. The first-order chi connectivity index (χ1) is 29.7. The zero-order valence-electron chi connectivity index (χ0n) is 34.4. The molecule has 2 aliphatic carbocycles. The Morgan fingerprint density at radius 3 is 2.24 bits per heavy atom. The zero-order chi connectivity index (χ0) is 45.0. The van der Waals surface area contributed by atoms with Crippen molar-refractivity contribution in [3.8, 4) is 5.69 Å². The SMILES string of the molecule is CC1(C)OB(c2ccc3c(=O)n(-c4ccc(S(=O)(=O)N5CCOCC5)cc4)c(C(Cc4cc(F)cc(F)c4)NC(=O)Cn4nc(C(F)F)c5c4C(F)(F)C4CC54)nc3c2)OC1(C)C. The lowest BCUT2D eigenvalue weighted by molar-refractivity contribution is -0.123. The zero-order valence-corrected chi connectivity index (χ0v) is 35.2. The molecule has 3 unspecified atom stereocenters. The van der Waals surface area contributed by atoms with Gasteiger partial charge in [-0.2, -0.15) is 18.2 Å². The fourth-order valence-corrected chi connectivity index (χ4v) is 10.1. The van der Waals surface area contributed by atoms with Crippen LogP contribution in [0.5, 0.6) is 0 Å². The first-order valence-corrected chi connectivity index (χ1v) is 21.7. The fraction of sp³-hybridized carbons (Fsp3) is 0.429. The minimum Gasteiger partial charge on any atom is -0.399 e. The standard InChI is InChI=1S/C42H41BF6N6O7S/c1-40(2)41(3,4)62-43(61-40)23-5-10-28-31(18-23)51-38(55(39(28)57)26-6-8-27(9-7-26)63(58,59)53-11-13-60-14-12-53)32(17-22-15-24(44)19-25(45)16-22)50-33(56)21-54-36-34(35(52-54)37(46)47)29-20-30(29)42(36,48)49/h5-10,15-16,18-19,29-30,32,37H,11-14,17,20-21H2,1-4H3,(H,50,56). The third kappa shape index (κ3) is 7.54. The van der Waals surface area contributed by atoms with E-state index in [0.29, 0.717) is 16.2 Å². The van der Waals surface area contributed by atoms with Gasteiger partial charge in [0.2, 0.25) is 15.9 Å². The van der Waals surface area contributed by atoms with Crippen molar-refractivity contribution < 1.29 is 53.6 Å². The Morgan fingerprint density at radius 2 is 1.60 bits per heavy atom. The van der Waals surface area contributed by atoms with Crippen molar-refractivity contribution in [2.24, 2.45) is 5.92 Å². The van der Waals surface area contributed by atoms with E-state index >= 15 is 8.78 Å². The van der Waals surface area contributed by atoms with E-state index in [1.165, 1.54) is 34.6 Å². The maximum absolute atomic E-state index is 15.5. The number of aromatic nitrogens is 4. The Balaban J connectivity index is 1.17. The summed E-state index contributed by atoms with van der Waals surface area (Å²) in [5.41, 5.74) is -3.43. The molecule has 3 aromatic carbocycles. The van der Waals surface area contributed by atoms with Crippen molar-refractivity contribution in [1.82, 2.24) is 29.0 Å². The molecule has 63 heavy (non-hydrogen) atoms. The largest absolute Gasteiger partial charge is 0.494 e. The summed E-state index contributed by atoms with van der Waals surface area (Å²) in [5, 5.41) is 6.48. The summed E-state index contributed by atoms with van der Waals surface area (Å²) in [4.78, 5) is 33.6. The molecule has 3 atom stereocenters. The van der Waals surface area contributed by atoms with Crippen LogP contribution in [0.3, 0.4) is 0 Å². The molecule has 2 aliphatic heterocycles. The average molecular weight is 899 g/mol. The van der Waals surface area contributed by atoms with E-state index in [1.54, 1.807) is 12.1 Å². The minimum atomic E-state index is -3.98. The monoisotopic (exact) mass is 898 g/mol. The molecule has 0 bridgehead atoms. The van der Waals surface area contributed by atoms with Gasteiger partial charge in [-0.1, -0.05) is 6.07 Å². The second-order valence-electron chi connectivity index (χ2n) is 17.3. The smallest absolute Gasteiger partial charge is 0.399 e. The molecular weight excluding hydrogens is 857 g/mol. The highest BCUT2D eigenvalue weighted by atomic mass is 32.2. The highest BCUT2D eigenvalue weighted by Crippen LogP contribution is 2.68. The molecule has 2 aromatic heterocycles. The van der Waals surface area contributed by atoms with Crippen molar-refractivity contribution in [1.29, 1.82) is 0 Å². The Kier molecular flexibility index (Phi) is 10.5. The van der Waals surface area contributed by atoms with E-state index < -0.39 is 106 Å². The number of sulfonamides is 1. The van der Waals surface area contributed by atoms with Gasteiger partial charge < -0.3 is 19.4 Å². The van der Waals surface area contributed by atoms with Gasteiger partial charge in [-0.05, 0) is 99.6 Å². The highest BCUT2D eigenvalue weighted by Gasteiger charge is 2.67. The summed E-state index contributed by atoms with van der Waals surface area (Å²) in [6.45, 7) is 7.14. The van der Waals surface area contributed by atoms with Crippen LogP contribution in [-0.4, -0.2) is 82.6 Å². The third-order valence-electron chi connectivity index (χ3n) is 12.6. The van der Waals surface area contributed by atoms with Gasteiger partial charge in [-0.3, -0.25) is 18.8 Å². The fourth-order valence-electron chi connectivity index (χ4n) is 8.66. The van der Waals surface area contributed by atoms with Crippen LogP contribution in [-0.2, 0) is 47.8 Å². The number of ether oxygens (including phenoxy) is 1. The number of nitrogens with one attached hydrogen (secondary N) is 1. The summed E-state index contributed by atoms with van der Waals surface area (Å²) >= 11 is 0. The highest BCUT2D eigenvalue weighted by molar-refractivity contribution is 7.89. The van der Waals surface area contributed by atoms with Crippen molar-refractivity contribution in [2.45, 2.75) is 87.5 Å². The lowest BCUT2D eigenvalue weighted by Crippen LogP contribution is -2.41. The van der Waals surface area contributed by atoms with Gasteiger partial charge in [0.15, 0.2) is 0 Å². The number of carbonyl (C=O) groups excluding carboxylic acids is 1. The van der Waals surface area contributed by atoms with Crippen LogP contribution in [0.1, 0.15) is 80.8 Å². The van der Waals surface area contributed by atoms with E-state index in [0.717, 1.165) is 16.7 Å². The number of rotatable bonds is 11. The maximum atomic E-state index is 15.5. The molecule has 13 nitrogen and oxygen atoms in total. The number of carbonyl (C=O) groups is 1. The topological polar surface area (TPSA) is 147 Å². The molecule has 1 amide bonds. The predicted molar refractivity (Wildman–Crippen MR) is 216 cm³/mol. The number of hydrogen-bond donors (Lipinski definition) is 1. The van der Waals surface area contributed by atoms with E-state index in [9.17, 15) is 35.6 Å². The second kappa shape index (κ2) is 15.3. The van der Waals surface area contributed by atoms with E-state index in [2.05, 4.69) is 10.4 Å². The van der Waals surface area contributed by atoms with Gasteiger partial charge in [-0.25, -0.2) is 31.0 Å².